The van der Waals surface area contributed by atoms with Gasteiger partial charge in [0.25, 0.3) is 5.69 Å². The van der Waals surface area contributed by atoms with E-state index in [1.807, 2.05) is 11.0 Å². The lowest BCUT2D eigenvalue weighted by molar-refractivity contribution is -0.384. The summed E-state index contributed by atoms with van der Waals surface area (Å²) in [5.74, 6) is 0. The van der Waals surface area contributed by atoms with E-state index < -0.39 is 24.4 Å². The highest BCUT2D eigenvalue weighted by atomic mass is 16.6. The van der Waals surface area contributed by atoms with Crippen LogP contribution >= 0.6 is 0 Å². The standard InChI is InChI=1S/C24H41N5O6/c1-26-10-12-27(13-11-26)15-18-6-7-19(20(14-18)29(34)35)25-8-4-2-3-5-9-28-16-22(31)24(33)23(32)21(28)17-30/h6-7,14,21-25,30-33H,2-5,8-13,15-17H2,1H3/t21-,22?,23?,24?/m0/s1. The molecular weight excluding hydrogens is 454 g/mol. The normalized spacial score (nSPS) is 26.7. The second-order valence-corrected chi connectivity index (χ2v) is 9.82. The lowest BCUT2D eigenvalue weighted by Crippen LogP contribution is -2.62. The van der Waals surface area contributed by atoms with Gasteiger partial charge in [-0.25, -0.2) is 0 Å². The van der Waals surface area contributed by atoms with Gasteiger partial charge in [-0.2, -0.15) is 0 Å². The van der Waals surface area contributed by atoms with Crippen molar-refractivity contribution < 1.29 is 25.3 Å². The molecule has 2 aliphatic heterocycles. The van der Waals surface area contributed by atoms with Crippen molar-refractivity contribution in [2.24, 2.45) is 0 Å². The molecule has 0 amide bonds. The number of piperidine rings is 1. The minimum atomic E-state index is -1.24. The average Bonchev–Trinajstić information content (AvgIpc) is 2.84. The van der Waals surface area contributed by atoms with Crippen LogP contribution in [0.5, 0.6) is 0 Å². The Morgan fingerprint density at radius 3 is 2.46 bits per heavy atom. The Labute approximate surface area is 207 Å². The number of β-amino-alcohol motifs (C(OH)–C–C–N with tert-alkyl or cyclic N) is 1. The van der Waals surface area contributed by atoms with Gasteiger partial charge in [0.1, 0.15) is 17.9 Å². The van der Waals surface area contributed by atoms with Crippen LogP contribution < -0.4 is 5.32 Å². The van der Waals surface area contributed by atoms with E-state index in [0.29, 0.717) is 18.8 Å². The number of likely N-dealkylation sites (tertiary alicyclic amines) is 1. The fourth-order valence-corrected chi connectivity index (χ4v) is 4.89. The number of likely N-dealkylation sites (N-methyl/N-ethyl adjacent to an activating group) is 1. The van der Waals surface area contributed by atoms with Crippen LogP contribution in [0.1, 0.15) is 31.2 Å². The van der Waals surface area contributed by atoms with E-state index in [2.05, 4.69) is 22.2 Å². The van der Waals surface area contributed by atoms with Gasteiger partial charge in [-0.1, -0.05) is 18.9 Å². The Balaban J connectivity index is 1.38. The van der Waals surface area contributed by atoms with Gasteiger partial charge in [0.15, 0.2) is 0 Å². The summed E-state index contributed by atoms with van der Waals surface area (Å²) in [6.45, 7) is 5.85. The molecule has 3 rings (SSSR count). The number of aliphatic hydroxyl groups is 4. The molecule has 1 aromatic rings. The van der Waals surface area contributed by atoms with Crippen LogP contribution in [-0.4, -0.2) is 124 Å². The second kappa shape index (κ2) is 13.4. The van der Waals surface area contributed by atoms with Gasteiger partial charge in [-0.05, 0) is 38.1 Å². The number of unbranched alkanes of at least 4 members (excludes halogenated alkanes) is 3. The van der Waals surface area contributed by atoms with Gasteiger partial charge in [-0.3, -0.25) is 19.9 Å². The third-order valence-electron chi connectivity index (χ3n) is 7.16. The number of anilines is 1. The van der Waals surface area contributed by atoms with Crippen LogP contribution in [0.3, 0.4) is 0 Å². The summed E-state index contributed by atoms with van der Waals surface area (Å²) in [6, 6.07) is 4.87. The van der Waals surface area contributed by atoms with Crippen LogP contribution in [-0.2, 0) is 6.54 Å². The van der Waals surface area contributed by atoms with Gasteiger partial charge in [0, 0.05) is 51.9 Å². The minimum absolute atomic E-state index is 0.107. The Hall–Kier alpha value is -1.86. The van der Waals surface area contributed by atoms with Crippen LogP contribution in [0.25, 0.3) is 0 Å². The molecule has 4 atom stereocenters. The van der Waals surface area contributed by atoms with Gasteiger partial charge >= 0.3 is 0 Å². The highest BCUT2D eigenvalue weighted by Crippen LogP contribution is 2.26. The average molecular weight is 496 g/mol. The van der Waals surface area contributed by atoms with Gasteiger partial charge in [-0.15, -0.1) is 0 Å². The van der Waals surface area contributed by atoms with Gasteiger partial charge in [0.2, 0.25) is 0 Å². The zero-order chi connectivity index (χ0) is 25.4. The summed E-state index contributed by atoms with van der Waals surface area (Å²) in [4.78, 5) is 17.7. The molecule has 198 valence electrons. The summed E-state index contributed by atoms with van der Waals surface area (Å²) >= 11 is 0. The van der Waals surface area contributed by atoms with Gasteiger partial charge < -0.3 is 30.6 Å². The van der Waals surface area contributed by atoms with Gasteiger partial charge in [0.05, 0.1) is 23.7 Å². The van der Waals surface area contributed by atoms with E-state index in [0.717, 1.165) is 64.0 Å². The summed E-state index contributed by atoms with van der Waals surface area (Å²) in [5, 5.41) is 54.1. The van der Waals surface area contributed by atoms with Crippen molar-refractivity contribution >= 4 is 11.4 Å². The first-order chi connectivity index (χ1) is 16.8. The molecule has 2 heterocycles. The van der Waals surface area contributed by atoms with E-state index in [-0.39, 0.29) is 23.8 Å². The maximum Gasteiger partial charge on any atom is 0.292 e. The smallest absolute Gasteiger partial charge is 0.292 e. The number of rotatable bonds is 12. The van der Waals surface area contributed by atoms with E-state index in [1.165, 1.54) is 0 Å². The number of hydrogen-bond acceptors (Lipinski definition) is 10. The third-order valence-corrected chi connectivity index (χ3v) is 7.16. The van der Waals surface area contributed by atoms with E-state index in [4.69, 9.17) is 0 Å². The van der Waals surface area contributed by atoms with Crippen LogP contribution in [0, 0.1) is 10.1 Å². The maximum atomic E-state index is 11.6. The van der Waals surface area contributed by atoms with E-state index in [9.17, 15) is 30.5 Å². The topological polar surface area (TPSA) is 146 Å². The zero-order valence-corrected chi connectivity index (χ0v) is 20.6. The molecule has 0 aromatic heterocycles. The van der Waals surface area contributed by atoms with Crippen molar-refractivity contribution in [3.63, 3.8) is 0 Å². The number of nitrogens with zero attached hydrogens (tertiary/aromatic N) is 4. The molecule has 0 saturated carbocycles. The van der Waals surface area contributed by atoms with Crippen molar-refractivity contribution in [2.75, 3.05) is 64.8 Å². The van der Waals surface area contributed by atoms with Crippen molar-refractivity contribution in [2.45, 2.75) is 56.6 Å². The zero-order valence-electron chi connectivity index (χ0n) is 20.6. The van der Waals surface area contributed by atoms with E-state index in [1.54, 1.807) is 12.1 Å². The van der Waals surface area contributed by atoms with Crippen LogP contribution in [0.4, 0.5) is 11.4 Å². The molecule has 3 unspecified atom stereocenters. The molecular formula is C24H41N5O6. The molecule has 1 aromatic carbocycles. The molecule has 0 spiro atoms. The number of nitrogens with one attached hydrogen (secondary N) is 1. The van der Waals surface area contributed by atoms with E-state index >= 15 is 0 Å². The number of benzene rings is 1. The van der Waals surface area contributed by atoms with Crippen LogP contribution in [0.15, 0.2) is 18.2 Å². The SMILES string of the molecule is CN1CCN(Cc2ccc(NCCCCCCN3CC(O)C(O)C(O)[C@@H]3CO)c([N+](=O)[O-])c2)CC1. The summed E-state index contributed by atoms with van der Waals surface area (Å²) in [7, 11) is 2.10. The van der Waals surface area contributed by atoms with Crippen LogP contribution in [0.2, 0.25) is 0 Å². The lowest BCUT2D eigenvalue weighted by atomic mass is 9.94. The Bertz CT molecular complexity index is 807. The predicted molar refractivity (Wildman–Crippen MR) is 133 cm³/mol. The Kier molecular flexibility index (Phi) is 10.7. The first kappa shape index (κ1) is 27.7. The van der Waals surface area contributed by atoms with Crippen molar-refractivity contribution in [1.29, 1.82) is 0 Å². The number of nitro benzene ring substituents is 1. The predicted octanol–water partition coefficient (Wildman–Crippen LogP) is 0.0737. The quantitative estimate of drug-likeness (QED) is 0.153. The molecule has 5 N–H and O–H groups in total. The fourth-order valence-electron chi connectivity index (χ4n) is 4.89. The number of nitro groups is 1. The summed E-state index contributed by atoms with van der Waals surface area (Å²) in [6.07, 6.45) is 0.0859. The molecule has 0 radical (unpaired) electrons. The Morgan fingerprint density at radius 2 is 1.77 bits per heavy atom. The molecule has 11 heteroatoms. The molecule has 0 aliphatic carbocycles. The lowest BCUT2D eigenvalue weighted by Gasteiger charge is -2.43. The maximum absolute atomic E-state index is 11.6. The van der Waals surface area contributed by atoms with Crippen molar-refractivity contribution in [3.05, 3.63) is 33.9 Å². The number of piperazine rings is 1. The first-order valence-electron chi connectivity index (χ1n) is 12.6. The largest absolute Gasteiger partial charge is 0.395 e. The number of hydrogen-bond donors (Lipinski definition) is 5. The molecule has 35 heavy (non-hydrogen) atoms. The van der Waals surface area contributed by atoms with Crippen molar-refractivity contribution in [1.82, 2.24) is 14.7 Å². The molecule has 0 bridgehead atoms. The fraction of sp³-hybridized carbons (Fsp3) is 0.750. The monoisotopic (exact) mass is 495 g/mol. The molecule has 2 aliphatic rings. The third kappa shape index (κ3) is 7.81. The minimum Gasteiger partial charge on any atom is -0.395 e. The first-order valence-corrected chi connectivity index (χ1v) is 12.6. The second-order valence-electron chi connectivity index (χ2n) is 9.82. The molecule has 11 nitrogen and oxygen atoms in total. The number of aliphatic hydroxyl groups excluding tert-OH is 4. The summed E-state index contributed by atoms with van der Waals surface area (Å²) < 4.78 is 0. The highest BCUT2D eigenvalue weighted by molar-refractivity contribution is 5.62. The van der Waals surface area contributed by atoms with Crippen molar-refractivity contribution in [3.8, 4) is 0 Å². The highest BCUT2D eigenvalue weighted by Gasteiger charge is 2.40. The Morgan fingerprint density at radius 1 is 1.06 bits per heavy atom. The molecule has 2 fully saturated rings. The summed E-state index contributed by atoms with van der Waals surface area (Å²) in [5.41, 5.74) is 1.60. The molecule has 2 saturated heterocycles.